The molecule has 0 saturated heterocycles. The van der Waals surface area contributed by atoms with Gasteiger partial charge < -0.3 is 10.1 Å². The molecule has 0 atom stereocenters. The van der Waals surface area contributed by atoms with E-state index in [2.05, 4.69) is 10.3 Å². The molecule has 0 unspecified atom stereocenters. The summed E-state index contributed by atoms with van der Waals surface area (Å²) in [6.07, 6.45) is -4.41. The maximum Gasteiger partial charge on any atom is 0.416 e. The molecule has 0 saturated carbocycles. The van der Waals surface area contributed by atoms with E-state index < -0.39 is 17.6 Å². The fourth-order valence-corrected chi connectivity index (χ4v) is 2.88. The van der Waals surface area contributed by atoms with Gasteiger partial charge in [-0.2, -0.15) is 13.2 Å². The Kier molecular flexibility index (Phi) is 5.75. The number of carbonyl (C=O) groups is 1. The number of carbonyl (C=O) groups excluding carboxylic acids is 1. The molecule has 0 fully saturated rings. The summed E-state index contributed by atoms with van der Waals surface area (Å²) in [5, 5.41) is 4.48. The van der Waals surface area contributed by atoms with Crippen LogP contribution in [0.1, 0.15) is 27.2 Å². The summed E-state index contributed by atoms with van der Waals surface area (Å²) in [6, 6.07) is 11.4. The van der Waals surface area contributed by atoms with Crippen LogP contribution in [0.4, 0.5) is 13.2 Å². The molecule has 4 nitrogen and oxygen atoms in total. The van der Waals surface area contributed by atoms with Gasteiger partial charge >= 0.3 is 6.18 Å². The van der Waals surface area contributed by atoms with Crippen molar-refractivity contribution in [2.24, 2.45) is 0 Å². The Bertz CT molecular complexity index is 911. The zero-order valence-electron chi connectivity index (χ0n) is 14.0. The first-order valence-electron chi connectivity index (χ1n) is 7.96. The highest BCUT2D eigenvalue weighted by Gasteiger charge is 2.30. The number of hydrogen-bond donors (Lipinski definition) is 1. The Labute approximate surface area is 157 Å². The minimum atomic E-state index is -4.41. The van der Waals surface area contributed by atoms with E-state index in [-0.39, 0.29) is 6.54 Å². The molecule has 140 valence electrons. The van der Waals surface area contributed by atoms with Crippen LogP contribution >= 0.6 is 11.3 Å². The monoisotopic (exact) mass is 392 g/mol. The van der Waals surface area contributed by atoms with Gasteiger partial charge in [0.25, 0.3) is 5.91 Å². The first-order valence-corrected chi connectivity index (χ1v) is 8.90. The van der Waals surface area contributed by atoms with Gasteiger partial charge in [0.2, 0.25) is 0 Å². The van der Waals surface area contributed by atoms with Gasteiger partial charge in [-0.25, -0.2) is 4.98 Å². The number of nitrogens with zero attached hydrogens (tertiary/aromatic N) is 1. The zero-order valence-corrected chi connectivity index (χ0v) is 14.8. The molecule has 8 heteroatoms. The fraction of sp³-hybridized carbons (Fsp3) is 0.158. The van der Waals surface area contributed by atoms with Crippen molar-refractivity contribution in [1.82, 2.24) is 10.3 Å². The second-order valence-electron chi connectivity index (χ2n) is 5.68. The summed E-state index contributed by atoms with van der Waals surface area (Å²) in [5.74, 6) is 0.112. The highest BCUT2D eigenvalue weighted by Crippen LogP contribution is 2.29. The molecule has 0 bridgehead atoms. The molecule has 0 radical (unpaired) electrons. The zero-order chi connectivity index (χ0) is 19.3. The van der Waals surface area contributed by atoms with E-state index in [0.29, 0.717) is 23.5 Å². The minimum absolute atomic E-state index is 0.00728. The van der Waals surface area contributed by atoms with Crippen molar-refractivity contribution in [3.63, 3.8) is 0 Å². The fourth-order valence-electron chi connectivity index (χ4n) is 2.34. The lowest BCUT2D eigenvalue weighted by atomic mass is 10.1. The molecule has 1 aromatic heterocycles. The first kappa shape index (κ1) is 18.9. The maximum atomic E-state index is 12.7. The lowest BCUT2D eigenvalue weighted by molar-refractivity contribution is -0.137. The standard InChI is InChI=1S/C19H15F3N2O2S/c20-19(21,22)15-5-1-3-13(7-15)9-23-18(25)14-4-2-6-17(8-14)26-10-16-11-27-12-24-16/h1-8,11-12H,9-10H2,(H,23,25). The number of ether oxygens (including phenoxy) is 1. The van der Waals surface area contributed by atoms with Crippen molar-refractivity contribution in [2.75, 3.05) is 0 Å². The van der Waals surface area contributed by atoms with E-state index in [9.17, 15) is 18.0 Å². The topological polar surface area (TPSA) is 51.2 Å². The van der Waals surface area contributed by atoms with Crippen LogP contribution in [0.5, 0.6) is 5.75 Å². The molecule has 27 heavy (non-hydrogen) atoms. The summed E-state index contributed by atoms with van der Waals surface area (Å²) in [7, 11) is 0. The van der Waals surface area contributed by atoms with Crippen LogP contribution in [0.3, 0.4) is 0 Å². The van der Waals surface area contributed by atoms with Crippen LogP contribution in [-0.4, -0.2) is 10.9 Å². The third-order valence-corrected chi connectivity index (χ3v) is 4.31. The number of alkyl halides is 3. The number of aromatic nitrogens is 1. The van der Waals surface area contributed by atoms with Crippen LogP contribution in [0.2, 0.25) is 0 Å². The van der Waals surface area contributed by atoms with Crippen molar-refractivity contribution in [3.8, 4) is 5.75 Å². The van der Waals surface area contributed by atoms with Crippen LogP contribution < -0.4 is 10.1 Å². The summed E-state index contributed by atoms with van der Waals surface area (Å²) in [6.45, 7) is 0.283. The van der Waals surface area contributed by atoms with Gasteiger partial charge in [0.05, 0.1) is 16.8 Å². The Balaban J connectivity index is 1.60. The Morgan fingerprint density at radius 2 is 1.96 bits per heavy atom. The Hall–Kier alpha value is -2.87. The Morgan fingerprint density at radius 3 is 2.70 bits per heavy atom. The predicted molar refractivity (Wildman–Crippen MR) is 95.5 cm³/mol. The van der Waals surface area contributed by atoms with Crippen molar-refractivity contribution >= 4 is 17.2 Å². The molecule has 3 rings (SSSR count). The average Bonchev–Trinajstić information content (AvgIpc) is 3.18. The number of thiazole rings is 1. The van der Waals surface area contributed by atoms with Crippen LogP contribution in [-0.2, 0) is 19.3 Å². The number of benzene rings is 2. The molecular formula is C19H15F3N2O2S. The second-order valence-corrected chi connectivity index (χ2v) is 6.40. The highest BCUT2D eigenvalue weighted by molar-refractivity contribution is 7.07. The molecule has 1 amide bonds. The molecule has 0 aliphatic heterocycles. The van der Waals surface area contributed by atoms with Crippen molar-refractivity contribution in [3.05, 3.63) is 81.8 Å². The van der Waals surface area contributed by atoms with Crippen LogP contribution in [0.25, 0.3) is 0 Å². The van der Waals surface area contributed by atoms with Crippen molar-refractivity contribution in [2.45, 2.75) is 19.3 Å². The molecule has 2 aromatic carbocycles. The lowest BCUT2D eigenvalue weighted by Crippen LogP contribution is -2.23. The molecule has 0 aliphatic carbocycles. The molecule has 3 aromatic rings. The summed E-state index contributed by atoms with van der Waals surface area (Å²) >= 11 is 1.46. The third-order valence-electron chi connectivity index (χ3n) is 3.67. The van der Waals surface area contributed by atoms with E-state index in [1.165, 1.54) is 23.5 Å². The predicted octanol–water partition coefficient (Wildman–Crippen LogP) is 4.67. The smallest absolute Gasteiger partial charge is 0.416 e. The van der Waals surface area contributed by atoms with Gasteiger partial charge in [-0.05, 0) is 35.9 Å². The van der Waals surface area contributed by atoms with E-state index >= 15 is 0 Å². The lowest BCUT2D eigenvalue weighted by Gasteiger charge is -2.10. The van der Waals surface area contributed by atoms with Gasteiger partial charge in [0, 0.05) is 17.5 Å². The van der Waals surface area contributed by atoms with Crippen molar-refractivity contribution < 1.29 is 22.7 Å². The quantitative estimate of drug-likeness (QED) is 0.663. The number of nitrogens with one attached hydrogen (secondary N) is 1. The summed E-state index contributed by atoms with van der Waals surface area (Å²) < 4.78 is 43.8. The summed E-state index contributed by atoms with van der Waals surface area (Å²) in [5.41, 5.74) is 2.48. The number of halogens is 3. The maximum absolute atomic E-state index is 12.7. The van der Waals surface area contributed by atoms with Crippen LogP contribution in [0, 0.1) is 0 Å². The number of rotatable bonds is 6. The second kappa shape index (κ2) is 8.22. The number of amides is 1. The van der Waals surface area contributed by atoms with E-state index in [1.807, 2.05) is 5.38 Å². The molecule has 0 spiro atoms. The highest BCUT2D eigenvalue weighted by atomic mass is 32.1. The Morgan fingerprint density at radius 1 is 1.15 bits per heavy atom. The normalized spacial score (nSPS) is 11.2. The average molecular weight is 392 g/mol. The molecular weight excluding hydrogens is 377 g/mol. The van der Waals surface area contributed by atoms with Gasteiger partial charge in [-0.15, -0.1) is 11.3 Å². The number of hydrogen-bond acceptors (Lipinski definition) is 4. The SMILES string of the molecule is O=C(NCc1cccc(C(F)(F)F)c1)c1cccc(OCc2cscn2)c1. The van der Waals surface area contributed by atoms with E-state index in [1.54, 1.807) is 29.8 Å². The van der Waals surface area contributed by atoms with Gasteiger partial charge in [0.15, 0.2) is 0 Å². The summed E-state index contributed by atoms with van der Waals surface area (Å²) in [4.78, 5) is 16.4. The van der Waals surface area contributed by atoms with Gasteiger partial charge in [-0.1, -0.05) is 18.2 Å². The molecule has 1 heterocycles. The van der Waals surface area contributed by atoms with E-state index in [4.69, 9.17) is 4.74 Å². The van der Waals surface area contributed by atoms with Gasteiger partial charge in [0.1, 0.15) is 12.4 Å². The van der Waals surface area contributed by atoms with E-state index in [0.717, 1.165) is 17.8 Å². The van der Waals surface area contributed by atoms with Gasteiger partial charge in [-0.3, -0.25) is 4.79 Å². The first-order chi connectivity index (χ1) is 12.9. The van der Waals surface area contributed by atoms with Crippen molar-refractivity contribution in [1.29, 1.82) is 0 Å². The third kappa shape index (κ3) is 5.30. The molecule has 1 N–H and O–H groups in total. The minimum Gasteiger partial charge on any atom is -0.487 e. The largest absolute Gasteiger partial charge is 0.487 e. The van der Waals surface area contributed by atoms with Crippen LogP contribution in [0.15, 0.2) is 59.4 Å². The molecule has 0 aliphatic rings.